The highest BCUT2D eigenvalue weighted by molar-refractivity contribution is 6.10. The third kappa shape index (κ3) is 3.93. The number of carbonyl (C=O) groups excluding carboxylic acids is 2. The van der Waals surface area contributed by atoms with Gasteiger partial charge in [-0.3, -0.25) is 9.59 Å². The Morgan fingerprint density at radius 1 is 1.05 bits per heavy atom. The van der Waals surface area contributed by atoms with Gasteiger partial charge in [-0.15, -0.1) is 0 Å². The highest BCUT2D eigenvalue weighted by Gasteiger charge is 2.13. The van der Waals surface area contributed by atoms with Gasteiger partial charge >= 0.3 is 0 Å². The molecule has 0 aliphatic rings. The number of rotatable bonds is 4. The number of aryl methyl sites for hydroxylation is 1. The maximum atomic E-state index is 12.3. The molecular formula is C17H15N3O2. The largest absolute Gasteiger partial charge is 0.324 e. The summed E-state index contributed by atoms with van der Waals surface area (Å²) in [4.78, 5) is 23.8. The first-order valence-corrected chi connectivity index (χ1v) is 6.74. The Bertz CT molecular complexity index is 730. The lowest BCUT2D eigenvalue weighted by molar-refractivity contribution is -0.115. The van der Waals surface area contributed by atoms with Crippen LogP contribution >= 0.6 is 0 Å². The summed E-state index contributed by atoms with van der Waals surface area (Å²) in [5, 5.41) is 13.9. The lowest BCUT2D eigenvalue weighted by Gasteiger charge is -2.11. The van der Waals surface area contributed by atoms with Gasteiger partial charge in [0.25, 0.3) is 5.91 Å². The number of para-hydroxylation sites is 1. The standard InChI is InChI=1S/C17H15N3O2/c1-12-6-8-13(9-7-12)19-17(22)14-4-2-3-5-15(14)20-16(21)10-11-18/h2-9H,10H2,1H3,(H,19,22)(H,20,21). The number of carbonyl (C=O) groups is 2. The van der Waals surface area contributed by atoms with Gasteiger partial charge in [0, 0.05) is 5.69 Å². The van der Waals surface area contributed by atoms with Crippen LogP contribution in [0.25, 0.3) is 0 Å². The Morgan fingerprint density at radius 3 is 2.41 bits per heavy atom. The van der Waals surface area contributed by atoms with Gasteiger partial charge in [0.2, 0.25) is 5.91 Å². The minimum atomic E-state index is -0.446. The molecule has 0 fully saturated rings. The number of nitrogens with one attached hydrogen (secondary N) is 2. The van der Waals surface area contributed by atoms with Crippen molar-refractivity contribution in [3.8, 4) is 6.07 Å². The average molecular weight is 293 g/mol. The molecule has 2 rings (SSSR count). The molecule has 22 heavy (non-hydrogen) atoms. The topological polar surface area (TPSA) is 82.0 Å². The number of hydrogen-bond donors (Lipinski definition) is 2. The van der Waals surface area contributed by atoms with E-state index in [1.807, 2.05) is 31.2 Å². The third-order valence-electron chi connectivity index (χ3n) is 2.99. The van der Waals surface area contributed by atoms with Crippen LogP contribution in [0.4, 0.5) is 11.4 Å². The van der Waals surface area contributed by atoms with Crippen molar-refractivity contribution >= 4 is 23.2 Å². The zero-order valence-corrected chi connectivity index (χ0v) is 12.1. The van der Waals surface area contributed by atoms with Crippen molar-refractivity contribution in [1.29, 1.82) is 5.26 Å². The maximum Gasteiger partial charge on any atom is 0.257 e. The van der Waals surface area contributed by atoms with Gasteiger partial charge in [-0.2, -0.15) is 5.26 Å². The molecule has 0 heterocycles. The first kappa shape index (κ1) is 15.3. The Labute approximate surface area is 128 Å². The smallest absolute Gasteiger partial charge is 0.257 e. The van der Waals surface area contributed by atoms with Crippen LogP contribution in [0.3, 0.4) is 0 Å². The van der Waals surface area contributed by atoms with Crippen LogP contribution in [0.15, 0.2) is 48.5 Å². The molecular weight excluding hydrogens is 278 g/mol. The average Bonchev–Trinajstić information content (AvgIpc) is 2.50. The number of anilines is 2. The predicted octanol–water partition coefficient (Wildman–Crippen LogP) is 3.10. The molecule has 0 bridgehead atoms. The lowest BCUT2D eigenvalue weighted by atomic mass is 10.1. The number of benzene rings is 2. The summed E-state index contributed by atoms with van der Waals surface area (Å²) in [6.07, 6.45) is -0.256. The van der Waals surface area contributed by atoms with Crippen LogP contribution in [0.1, 0.15) is 22.3 Å². The summed E-state index contributed by atoms with van der Waals surface area (Å²) in [5.41, 5.74) is 2.50. The second-order valence-electron chi connectivity index (χ2n) is 4.75. The van der Waals surface area contributed by atoms with E-state index in [1.165, 1.54) is 0 Å². The number of amides is 2. The normalized spacial score (nSPS) is 9.64. The molecule has 110 valence electrons. The Morgan fingerprint density at radius 2 is 1.73 bits per heavy atom. The van der Waals surface area contributed by atoms with E-state index in [4.69, 9.17) is 5.26 Å². The predicted molar refractivity (Wildman–Crippen MR) is 84.4 cm³/mol. The molecule has 0 aliphatic heterocycles. The molecule has 0 atom stereocenters. The minimum absolute atomic E-state index is 0.256. The first-order chi connectivity index (χ1) is 10.6. The molecule has 0 radical (unpaired) electrons. The molecule has 0 saturated carbocycles. The highest BCUT2D eigenvalue weighted by Crippen LogP contribution is 2.18. The number of hydrogen-bond acceptors (Lipinski definition) is 3. The van der Waals surface area contributed by atoms with Crippen molar-refractivity contribution < 1.29 is 9.59 Å². The quantitative estimate of drug-likeness (QED) is 0.908. The van der Waals surface area contributed by atoms with E-state index in [0.29, 0.717) is 16.9 Å². The van der Waals surface area contributed by atoms with Crippen LogP contribution in [-0.2, 0) is 4.79 Å². The van der Waals surface area contributed by atoms with E-state index < -0.39 is 5.91 Å². The summed E-state index contributed by atoms with van der Waals surface area (Å²) in [7, 11) is 0. The second kappa shape index (κ2) is 7.04. The molecule has 0 spiro atoms. The van der Waals surface area contributed by atoms with Crippen LogP contribution in [0.5, 0.6) is 0 Å². The van der Waals surface area contributed by atoms with Gasteiger partial charge in [-0.1, -0.05) is 29.8 Å². The number of nitriles is 1. The van der Waals surface area contributed by atoms with Crippen molar-refractivity contribution in [1.82, 2.24) is 0 Å². The van der Waals surface area contributed by atoms with Crippen molar-refractivity contribution in [3.05, 3.63) is 59.7 Å². The monoisotopic (exact) mass is 293 g/mol. The second-order valence-corrected chi connectivity index (χ2v) is 4.75. The molecule has 0 aliphatic carbocycles. The minimum Gasteiger partial charge on any atom is -0.324 e. The SMILES string of the molecule is Cc1ccc(NC(=O)c2ccccc2NC(=O)CC#N)cc1. The van der Waals surface area contributed by atoms with E-state index in [9.17, 15) is 9.59 Å². The molecule has 2 aromatic rings. The van der Waals surface area contributed by atoms with E-state index >= 15 is 0 Å². The summed E-state index contributed by atoms with van der Waals surface area (Å²) in [6, 6.07) is 15.9. The van der Waals surface area contributed by atoms with Crippen molar-refractivity contribution in [2.24, 2.45) is 0 Å². The van der Waals surface area contributed by atoms with Gasteiger partial charge in [0.15, 0.2) is 0 Å². The summed E-state index contributed by atoms with van der Waals surface area (Å²) < 4.78 is 0. The third-order valence-corrected chi connectivity index (χ3v) is 2.99. The van der Waals surface area contributed by atoms with Crippen LogP contribution in [-0.4, -0.2) is 11.8 Å². The van der Waals surface area contributed by atoms with Gasteiger partial charge < -0.3 is 10.6 Å². The van der Waals surface area contributed by atoms with E-state index in [0.717, 1.165) is 5.56 Å². The first-order valence-electron chi connectivity index (χ1n) is 6.74. The fraction of sp³-hybridized carbons (Fsp3) is 0.118. The van der Waals surface area contributed by atoms with Gasteiger partial charge in [0.1, 0.15) is 6.42 Å². The van der Waals surface area contributed by atoms with Crippen LogP contribution < -0.4 is 10.6 Å². The summed E-state index contributed by atoms with van der Waals surface area (Å²) in [5.74, 6) is -0.769. The molecule has 2 aromatic carbocycles. The zero-order valence-electron chi connectivity index (χ0n) is 12.1. The van der Waals surface area contributed by atoms with Crippen molar-refractivity contribution in [2.45, 2.75) is 13.3 Å². The zero-order chi connectivity index (χ0) is 15.9. The maximum absolute atomic E-state index is 12.3. The Hall–Kier alpha value is -3.13. The Kier molecular flexibility index (Phi) is 4.89. The molecule has 0 aromatic heterocycles. The fourth-order valence-corrected chi connectivity index (χ4v) is 1.89. The van der Waals surface area contributed by atoms with Crippen LogP contribution in [0.2, 0.25) is 0 Å². The van der Waals surface area contributed by atoms with E-state index in [1.54, 1.807) is 30.3 Å². The molecule has 2 N–H and O–H groups in total. The summed E-state index contributed by atoms with van der Waals surface area (Å²) in [6.45, 7) is 1.96. The van der Waals surface area contributed by atoms with Gasteiger partial charge in [-0.25, -0.2) is 0 Å². The lowest BCUT2D eigenvalue weighted by Crippen LogP contribution is -2.17. The van der Waals surface area contributed by atoms with Gasteiger partial charge in [0.05, 0.1) is 17.3 Å². The molecule has 5 nitrogen and oxygen atoms in total. The van der Waals surface area contributed by atoms with Crippen molar-refractivity contribution in [2.75, 3.05) is 10.6 Å². The highest BCUT2D eigenvalue weighted by atomic mass is 16.2. The van der Waals surface area contributed by atoms with Crippen LogP contribution in [0, 0.1) is 18.3 Å². The Balaban J connectivity index is 2.17. The number of nitrogens with zero attached hydrogens (tertiary/aromatic N) is 1. The molecule has 2 amide bonds. The van der Waals surface area contributed by atoms with E-state index in [2.05, 4.69) is 10.6 Å². The van der Waals surface area contributed by atoms with E-state index in [-0.39, 0.29) is 12.3 Å². The fourth-order valence-electron chi connectivity index (χ4n) is 1.89. The molecule has 0 unspecified atom stereocenters. The molecule has 5 heteroatoms. The van der Waals surface area contributed by atoms with Gasteiger partial charge in [-0.05, 0) is 31.2 Å². The molecule has 0 saturated heterocycles. The summed E-state index contributed by atoms with van der Waals surface area (Å²) >= 11 is 0. The van der Waals surface area contributed by atoms with Crippen molar-refractivity contribution in [3.63, 3.8) is 0 Å².